The molecule has 5 rings (SSSR count). The Bertz CT molecular complexity index is 1260. The van der Waals surface area contributed by atoms with Crippen molar-refractivity contribution in [2.45, 2.75) is 63.7 Å². The Kier molecular flexibility index (Phi) is 9.82. The molecule has 0 aromatic heterocycles. The maximum Gasteiger partial charge on any atom is 0.165 e. The number of phenols is 1. The number of rotatable bonds is 11. The number of hydrogen-bond acceptors (Lipinski definition) is 5. The lowest BCUT2D eigenvalue weighted by molar-refractivity contribution is 0.209. The number of aromatic hydroxyl groups is 1. The standard InChI is InChI=1S/C34H43FN2O3/c1-39-30-13-14-31(28-10-9-27-23-29(38)12-11-26(27)22-28)33(24-30)36-16-6-7-25-8-15-34(32(35)21-25)40-20-19-37-17-4-2-3-5-18-37/h8,11-15,21,23-24,28,36,38H,2-7,9-10,16-20,22H2,1H3/t28-/m0/s1. The summed E-state index contributed by atoms with van der Waals surface area (Å²) in [6.07, 6.45) is 9.76. The molecular weight excluding hydrogens is 503 g/mol. The van der Waals surface area contributed by atoms with Gasteiger partial charge in [-0.05, 0) is 117 Å². The van der Waals surface area contributed by atoms with Crippen LogP contribution in [0.4, 0.5) is 10.1 Å². The third-order valence-corrected chi connectivity index (χ3v) is 8.44. The monoisotopic (exact) mass is 546 g/mol. The predicted molar refractivity (Wildman–Crippen MR) is 159 cm³/mol. The minimum atomic E-state index is -0.276. The van der Waals surface area contributed by atoms with Gasteiger partial charge in [0.2, 0.25) is 0 Å². The summed E-state index contributed by atoms with van der Waals surface area (Å²) in [6.45, 7) is 4.41. The van der Waals surface area contributed by atoms with Crippen molar-refractivity contribution >= 4 is 5.69 Å². The highest BCUT2D eigenvalue weighted by molar-refractivity contribution is 5.57. The number of ether oxygens (including phenoxy) is 2. The van der Waals surface area contributed by atoms with Crippen LogP contribution in [0.1, 0.15) is 66.7 Å². The van der Waals surface area contributed by atoms with E-state index in [-0.39, 0.29) is 5.82 Å². The Morgan fingerprint density at radius 2 is 1.82 bits per heavy atom. The van der Waals surface area contributed by atoms with Crippen LogP contribution in [0.5, 0.6) is 17.2 Å². The second-order valence-electron chi connectivity index (χ2n) is 11.2. The third-order valence-electron chi connectivity index (χ3n) is 8.44. The number of benzene rings is 3. The number of phenolic OH excluding ortho intramolecular Hbond substituents is 1. The van der Waals surface area contributed by atoms with Crippen molar-refractivity contribution in [2.24, 2.45) is 0 Å². The maximum absolute atomic E-state index is 14.7. The van der Waals surface area contributed by atoms with Gasteiger partial charge in [-0.2, -0.15) is 0 Å². The first-order valence-corrected chi connectivity index (χ1v) is 14.9. The molecule has 0 spiro atoms. The molecule has 1 aliphatic carbocycles. The summed E-state index contributed by atoms with van der Waals surface area (Å²) in [6, 6.07) is 17.4. The van der Waals surface area contributed by atoms with Crippen LogP contribution in [0.25, 0.3) is 0 Å². The number of nitrogens with one attached hydrogen (secondary N) is 1. The zero-order chi connectivity index (χ0) is 27.7. The first kappa shape index (κ1) is 28.3. The topological polar surface area (TPSA) is 54.0 Å². The average Bonchev–Trinajstić information content (AvgIpc) is 3.25. The Hall–Kier alpha value is -3.25. The largest absolute Gasteiger partial charge is 0.508 e. The first-order valence-electron chi connectivity index (χ1n) is 14.9. The van der Waals surface area contributed by atoms with Crippen molar-refractivity contribution in [1.29, 1.82) is 0 Å². The van der Waals surface area contributed by atoms with Crippen LogP contribution in [-0.2, 0) is 19.3 Å². The zero-order valence-electron chi connectivity index (χ0n) is 23.8. The van der Waals surface area contributed by atoms with Gasteiger partial charge in [-0.1, -0.05) is 31.0 Å². The second kappa shape index (κ2) is 13.9. The molecular formula is C34H43FN2O3. The van der Waals surface area contributed by atoms with Crippen molar-refractivity contribution < 1.29 is 19.0 Å². The molecule has 0 amide bonds. The van der Waals surface area contributed by atoms with Crippen molar-refractivity contribution in [3.63, 3.8) is 0 Å². The summed E-state index contributed by atoms with van der Waals surface area (Å²) in [7, 11) is 1.69. The highest BCUT2D eigenvalue weighted by Crippen LogP contribution is 2.38. The summed E-state index contributed by atoms with van der Waals surface area (Å²) in [5.41, 5.74) is 5.95. The molecule has 5 nitrogen and oxygen atoms in total. The highest BCUT2D eigenvalue weighted by Gasteiger charge is 2.23. The fourth-order valence-corrected chi connectivity index (χ4v) is 6.16. The maximum atomic E-state index is 14.7. The Morgan fingerprint density at radius 1 is 0.975 bits per heavy atom. The molecule has 0 radical (unpaired) electrons. The molecule has 1 heterocycles. The molecule has 0 saturated carbocycles. The Morgan fingerprint density at radius 3 is 2.62 bits per heavy atom. The van der Waals surface area contributed by atoms with Crippen molar-refractivity contribution in [3.8, 4) is 17.2 Å². The summed E-state index contributed by atoms with van der Waals surface area (Å²) in [4.78, 5) is 2.43. The fraction of sp³-hybridized carbons (Fsp3) is 0.471. The number of hydrogen-bond donors (Lipinski definition) is 2. The SMILES string of the molecule is COc1ccc([C@H]2CCc3cc(O)ccc3C2)c(NCCCc2ccc(OCCN3CCCCCC3)c(F)c2)c1. The van der Waals surface area contributed by atoms with Crippen LogP contribution in [0.3, 0.4) is 0 Å². The van der Waals surface area contributed by atoms with E-state index >= 15 is 0 Å². The van der Waals surface area contributed by atoms with Gasteiger partial charge in [0.1, 0.15) is 18.1 Å². The molecule has 6 heteroatoms. The number of aryl methyl sites for hydroxylation is 2. The van der Waals surface area contributed by atoms with E-state index in [0.29, 0.717) is 24.0 Å². The highest BCUT2D eigenvalue weighted by atomic mass is 19.1. The molecule has 0 bridgehead atoms. The Balaban J connectivity index is 1.13. The molecule has 2 aliphatic rings. The quantitative estimate of drug-likeness (QED) is 0.251. The van der Waals surface area contributed by atoms with Gasteiger partial charge in [-0.25, -0.2) is 4.39 Å². The van der Waals surface area contributed by atoms with Crippen LogP contribution >= 0.6 is 0 Å². The average molecular weight is 547 g/mol. The summed E-state index contributed by atoms with van der Waals surface area (Å²) in [5, 5.41) is 13.5. The molecule has 40 heavy (non-hydrogen) atoms. The van der Waals surface area contributed by atoms with Gasteiger partial charge >= 0.3 is 0 Å². The van der Waals surface area contributed by atoms with Crippen LogP contribution < -0.4 is 14.8 Å². The van der Waals surface area contributed by atoms with Gasteiger partial charge in [-0.15, -0.1) is 0 Å². The Labute approximate surface area is 238 Å². The number of nitrogens with zero attached hydrogens (tertiary/aromatic N) is 1. The minimum absolute atomic E-state index is 0.276. The molecule has 1 atom stereocenters. The fourth-order valence-electron chi connectivity index (χ4n) is 6.16. The summed E-state index contributed by atoms with van der Waals surface area (Å²) in [5.74, 6) is 1.66. The van der Waals surface area contributed by atoms with Crippen molar-refractivity contribution in [3.05, 3.63) is 82.7 Å². The number of anilines is 1. The molecule has 1 saturated heterocycles. The van der Waals surface area contributed by atoms with Crippen molar-refractivity contribution in [1.82, 2.24) is 4.90 Å². The van der Waals surface area contributed by atoms with Crippen molar-refractivity contribution in [2.75, 3.05) is 45.2 Å². The molecule has 214 valence electrons. The van der Waals surface area contributed by atoms with Gasteiger partial charge in [-0.3, -0.25) is 4.90 Å². The molecule has 1 fully saturated rings. The lowest BCUT2D eigenvalue weighted by atomic mass is 9.79. The first-order chi connectivity index (χ1) is 19.6. The number of methoxy groups -OCH3 is 1. The molecule has 2 N–H and O–H groups in total. The molecule has 0 unspecified atom stereocenters. The van der Waals surface area contributed by atoms with E-state index in [9.17, 15) is 9.50 Å². The summed E-state index contributed by atoms with van der Waals surface area (Å²) < 4.78 is 26.0. The van der Waals surface area contributed by atoms with E-state index < -0.39 is 0 Å². The van der Waals surface area contributed by atoms with Crippen LogP contribution in [0.2, 0.25) is 0 Å². The van der Waals surface area contributed by atoms with Crippen LogP contribution in [0.15, 0.2) is 54.6 Å². The third kappa shape index (κ3) is 7.48. The van der Waals surface area contributed by atoms with Gasteiger partial charge in [0.25, 0.3) is 0 Å². The van der Waals surface area contributed by atoms with E-state index in [1.54, 1.807) is 25.3 Å². The normalized spacial score (nSPS) is 17.6. The second-order valence-corrected chi connectivity index (χ2v) is 11.2. The number of halogens is 1. The number of fused-ring (bicyclic) bond motifs is 1. The van der Waals surface area contributed by atoms with Gasteiger partial charge in [0.05, 0.1) is 7.11 Å². The van der Waals surface area contributed by atoms with Crippen LogP contribution in [-0.4, -0.2) is 49.9 Å². The van der Waals surface area contributed by atoms with E-state index in [4.69, 9.17) is 9.47 Å². The smallest absolute Gasteiger partial charge is 0.165 e. The zero-order valence-corrected chi connectivity index (χ0v) is 23.8. The van der Waals surface area contributed by atoms with Crippen LogP contribution in [0, 0.1) is 5.82 Å². The molecule has 3 aromatic rings. The van der Waals surface area contributed by atoms with E-state index in [1.165, 1.54) is 42.4 Å². The van der Waals surface area contributed by atoms with E-state index in [2.05, 4.69) is 28.4 Å². The lowest BCUT2D eigenvalue weighted by Crippen LogP contribution is -2.29. The van der Waals surface area contributed by atoms with E-state index in [1.807, 2.05) is 18.2 Å². The van der Waals surface area contributed by atoms with Gasteiger partial charge in [0.15, 0.2) is 11.6 Å². The predicted octanol–water partition coefficient (Wildman–Crippen LogP) is 7.11. The minimum Gasteiger partial charge on any atom is -0.508 e. The molecule has 1 aliphatic heterocycles. The lowest BCUT2D eigenvalue weighted by Gasteiger charge is -2.27. The molecule has 3 aromatic carbocycles. The summed E-state index contributed by atoms with van der Waals surface area (Å²) >= 11 is 0. The van der Waals surface area contributed by atoms with Gasteiger partial charge in [0, 0.05) is 24.8 Å². The number of likely N-dealkylation sites (tertiary alicyclic amines) is 1. The van der Waals surface area contributed by atoms with E-state index in [0.717, 1.165) is 75.3 Å². The van der Waals surface area contributed by atoms with Gasteiger partial charge < -0.3 is 19.9 Å².